The molecule has 1 fully saturated rings. The lowest BCUT2D eigenvalue weighted by molar-refractivity contribution is -0.155. The Labute approximate surface area is 288 Å². The number of nitrogens with one attached hydrogen (secondary N) is 1. The van der Waals surface area contributed by atoms with Gasteiger partial charge in [-0.3, -0.25) is 9.59 Å². The molecule has 1 aliphatic heterocycles. The van der Waals surface area contributed by atoms with Crippen molar-refractivity contribution in [2.45, 2.75) is 51.7 Å². The molecule has 3 amide bonds. The third kappa shape index (κ3) is 7.47. The van der Waals surface area contributed by atoms with Gasteiger partial charge >= 0.3 is 12.0 Å². The molecular weight excluding hydrogens is 653 g/mol. The molecule has 1 heterocycles. The molecule has 0 radical (unpaired) electrons. The first kappa shape index (κ1) is 35.5. The van der Waals surface area contributed by atoms with Crippen LogP contribution in [0.5, 0.6) is 0 Å². The first-order valence-corrected chi connectivity index (χ1v) is 21.4. The van der Waals surface area contributed by atoms with Crippen LogP contribution in [0, 0.1) is 5.92 Å². The highest BCUT2D eigenvalue weighted by Crippen LogP contribution is 2.50. The number of carbonyl (C=O) groups excluding carboxylic acids is 3. The number of carbonyl (C=O) groups is 4. The molecule has 0 saturated carbocycles. The lowest BCUT2D eigenvalue weighted by Gasteiger charge is -2.51. The van der Waals surface area contributed by atoms with E-state index in [-0.39, 0.29) is 30.1 Å². The normalized spacial score (nSPS) is 16.7. The van der Waals surface area contributed by atoms with Crippen LogP contribution in [0.1, 0.15) is 29.3 Å². The first-order valence-electron chi connectivity index (χ1n) is 16.2. The average Bonchev–Trinajstić information content (AvgIpc) is 3.07. The number of nitrogens with zero attached hydrogens (tertiary/aromatic N) is 1. The molecule has 49 heavy (non-hydrogen) atoms. The zero-order valence-electron chi connectivity index (χ0n) is 28.1. The molecule has 1 saturated heterocycles. The molecule has 254 valence electrons. The fourth-order valence-electron chi connectivity index (χ4n) is 6.67. The van der Waals surface area contributed by atoms with Gasteiger partial charge in [0, 0.05) is 25.4 Å². The van der Waals surface area contributed by atoms with E-state index >= 15 is 0 Å². The van der Waals surface area contributed by atoms with Crippen LogP contribution in [0.3, 0.4) is 0 Å². The minimum Gasteiger partial charge on any atom is -0.477 e. The molecule has 0 bridgehead atoms. The van der Waals surface area contributed by atoms with Gasteiger partial charge in [-0.05, 0) is 48.0 Å². The van der Waals surface area contributed by atoms with Crippen LogP contribution in [0.15, 0.2) is 115 Å². The molecule has 4 aromatic rings. The van der Waals surface area contributed by atoms with E-state index in [1.807, 2.05) is 118 Å². The van der Waals surface area contributed by atoms with Gasteiger partial charge in [-0.25, -0.2) is 9.59 Å². The summed E-state index contributed by atoms with van der Waals surface area (Å²) in [6.07, 6.45) is -0.646. The molecule has 0 aliphatic carbocycles. The molecule has 1 aliphatic rings. The number of urea groups is 1. The van der Waals surface area contributed by atoms with Crippen LogP contribution in [0.2, 0.25) is 19.6 Å². The number of carboxylic acid groups (broad SMARTS) is 1. The van der Waals surface area contributed by atoms with Gasteiger partial charge < -0.3 is 25.5 Å². The second-order valence-electron chi connectivity index (χ2n) is 13.1. The quantitative estimate of drug-likeness (QED) is 0.0803. The van der Waals surface area contributed by atoms with E-state index in [2.05, 4.69) is 5.32 Å². The van der Waals surface area contributed by atoms with Gasteiger partial charge in [0.05, 0.1) is 18.1 Å². The summed E-state index contributed by atoms with van der Waals surface area (Å²) >= 11 is 0. The summed E-state index contributed by atoms with van der Waals surface area (Å²) in [6.45, 7) is 4.93. The van der Waals surface area contributed by atoms with Crippen LogP contribution in [-0.2, 0) is 20.6 Å². The molecule has 9 nitrogen and oxygen atoms in total. The van der Waals surface area contributed by atoms with Crippen molar-refractivity contribution < 1.29 is 28.7 Å². The number of Topliss-reactive ketones (excluding diaryl/α,β-unsaturated/α-hetero) is 1. The van der Waals surface area contributed by atoms with E-state index < -0.39 is 45.3 Å². The van der Waals surface area contributed by atoms with Gasteiger partial charge in [0.1, 0.15) is 5.42 Å². The van der Waals surface area contributed by atoms with Gasteiger partial charge in [0.2, 0.25) is 5.91 Å². The number of nitrogens with two attached hydrogens (primary N) is 1. The topological polar surface area (TPSA) is 139 Å². The minimum absolute atomic E-state index is 0.0387. The summed E-state index contributed by atoms with van der Waals surface area (Å²) in [6, 6.07) is 33.8. The lowest BCUT2D eigenvalue weighted by atomic mass is 9.79. The number of β-lactam (4-membered cyclic amide) rings is 1. The highest BCUT2D eigenvalue weighted by Gasteiger charge is 2.56. The first-order chi connectivity index (χ1) is 23.3. The molecule has 4 aromatic carbocycles. The van der Waals surface area contributed by atoms with Gasteiger partial charge in [-0.2, -0.15) is 0 Å². The van der Waals surface area contributed by atoms with E-state index in [1.165, 1.54) is 4.90 Å². The average molecular weight is 696 g/mol. The summed E-state index contributed by atoms with van der Waals surface area (Å²) < 4.78 is 6.41. The monoisotopic (exact) mass is 695 g/mol. The number of carboxylic acids is 1. The van der Waals surface area contributed by atoms with Crippen LogP contribution in [0.25, 0.3) is 0 Å². The molecule has 11 heteroatoms. The summed E-state index contributed by atoms with van der Waals surface area (Å²) in [5.41, 5.74) is 6.33. The van der Waals surface area contributed by atoms with Crippen LogP contribution >= 0.6 is 6.89 Å². The van der Waals surface area contributed by atoms with Crippen molar-refractivity contribution >= 4 is 60.2 Å². The lowest BCUT2D eigenvalue weighted by Crippen LogP contribution is -2.69. The second-order valence-corrected chi connectivity index (χ2v) is 20.9. The van der Waals surface area contributed by atoms with Crippen molar-refractivity contribution in [2.75, 3.05) is 0 Å². The summed E-state index contributed by atoms with van der Waals surface area (Å²) in [7, 11) is -2.13. The maximum atomic E-state index is 14.5. The van der Waals surface area contributed by atoms with Crippen molar-refractivity contribution in [2.24, 2.45) is 11.7 Å². The molecule has 0 spiro atoms. The molecule has 4 N–H and O–H groups in total. The Bertz CT molecular complexity index is 1780. The number of ketones is 1. The standard InChI is InChI=1S/C38H42N3O6PSi/c1-26(47-49(2,3)4)34-32(24-33(42)28-22-20-27(21-23-28)25-40-38(39)46)41(35(34)43)36(37(44)45)48(29-14-8-5-9-15-29,30-16-10-6-11-17-30)31-18-12-7-13-19-31/h5-23,26,32,34H,24-25H2,1-4H3,(H,44,45)(H3,39,40,46)/t26-,32-,34-/m1/s1. The Morgan fingerprint density at radius 1 is 0.837 bits per heavy atom. The Morgan fingerprint density at radius 2 is 1.31 bits per heavy atom. The number of hydrogen-bond acceptors (Lipinski definition) is 5. The van der Waals surface area contributed by atoms with E-state index in [1.54, 1.807) is 24.3 Å². The number of benzene rings is 4. The summed E-state index contributed by atoms with van der Waals surface area (Å²) in [5, 5.41) is 16.2. The Morgan fingerprint density at radius 3 is 1.71 bits per heavy atom. The van der Waals surface area contributed by atoms with E-state index in [0.717, 1.165) is 21.5 Å². The number of likely N-dealkylation sites (tertiary alicyclic amines) is 1. The fraction of sp³-hybridized carbons (Fsp3) is 0.237. The Kier molecular flexibility index (Phi) is 10.7. The number of aliphatic carboxylic acids is 1. The van der Waals surface area contributed by atoms with Crippen LogP contribution in [-0.4, -0.2) is 59.6 Å². The predicted molar refractivity (Wildman–Crippen MR) is 198 cm³/mol. The minimum atomic E-state index is -3.22. The zero-order valence-corrected chi connectivity index (χ0v) is 30.0. The van der Waals surface area contributed by atoms with Crippen LogP contribution in [0.4, 0.5) is 4.79 Å². The van der Waals surface area contributed by atoms with E-state index in [0.29, 0.717) is 5.56 Å². The van der Waals surface area contributed by atoms with Crippen molar-refractivity contribution in [3.05, 3.63) is 126 Å². The fourth-order valence-corrected chi connectivity index (χ4v) is 12.3. The SMILES string of the molecule is C[C@@H](O[Si](C)(C)C)[C@H]1C(=O)N(C(C(=O)O)=P(c2ccccc2)(c2ccccc2)c2ccccc2)[C@@H]1CC(=O)c1ccc(CNC(N)=O)cc1. The van der Waals surface area contributed by atoms with Gasteiger partial charge in [-0.1, -0.05) is 115 Å². The van der Waals surface area contributed by atoms with Gasteiger partial charge in [0.15, 0.2) is 14.1 Å². The van der Waals surface area contributed by atoms with E-state index in [4.69, 9.17) is 10.2 Å². The molecule has 3 atom stereocenters. The number of amides is 3. The second kappa shape index (κ2) is 14.8. The zero-order chi connectivity index (χ0) is 35.3. The number of rotatable bonds is 13. The molecule has 5 rings (SSSR count). The van der Waals surface area contributed by atoms with Crippen molar-refractivity contribution in [1.82, 2.24) is 10.2 Å². The van der Waals surface area contributed by atoms with Crippen molar-refractivity contribution in [3.8, 4) is 0 Å². The highest BCUT2D eigenvalue weighted by atomic mass is 31.2. The molecule has 0 unspecified atom stereocenters. The summed E-state index contributed by atoms with van der Waals surface area (Å²) in [5.74, 6) is -2.57. The van der Waals surface area contributed by atoms with Gasteiger partial charge in [0.25, 0.3) is 0 Å². The third-order valence-corrected chi connectivity index (χ3v) is 14.0. The smallest absolute Gasteiger partial charge is 0.353 e. The molecule has 0 aromatic heterocycles. The Hall–Kier alpha value is -4.76. The summed E-state index contributed by atoms with van der Waals surface area (Å²) in [4.78, 5) is 54.9. The number of hydrogen-bond donors (Lipinski definition) is 3. The van der Waals surface area contributed by atoms with E-state index in [9.17, 15) is 24.3 Å². The third-order valence-electron chi connectivity index (χ3n) is 8.62. The largest absolute Gasteiger partial charge is 0.477 e. The van der Waals surface area contributed by atoms with Crippen molar-refractivity contribution in [1.29, 1.82) is 0 Å². The maximum Gasteiger partial charge on any atom is 0.353 e. The van der Waals surface area contributed by atoms with Gasteiger partial charge in [-0.15, -0.1) is 0 Å². The number of primary amides is 1. The van der Waals surface area contributed by atoms with Crippen LogP contribution < -0.4 is 27.0 Å². The molecular formula is C38H42N3O6PSi. The maximum absolute atomic E-state index is 14.5. The predicted octanol–water partition coefficient (Wildman–Crippen LogP) is 4.70. The Balaban J connectivity index is 1.72. The van der Waals surface area contributed by atoms with Crippen molar-refractivity contribution in [3.63, 3.8) is 0 Å². The highest BCUT2D eigenvalue weighted by molar-refractivity contribution is 7.96.